The summed E-state index contributed by atoms with van der Waals surface area (Å²) in [7, 11) is 0. The monoisotopic (exact) mass is 290 g/mol. The van der Waals surface area contributed by atoms with Gasteiger partial charge in [0.2, 0.25) is 0 Å². The number of rotatable bonds is 3. The lowest BCUT2D eigenvalue weighted by atomic mass is 9.79. The number of esters is 1. The van der Waals surface area contributed by atoms with Crippen LogP contribution in [-0.4, -0.2) is 28.3 Å². The molecule has 1 aromatic heterocycles. The van der Waals surface area contributed by atoms with Crippen LogP contribution in [0.5, 0.6) is 0 Å². The second kappa shape index (κ2) is 6.24. The number of carbonyl (C=O) groups is 2. The quantitative estimate of drug-likeness (QED) is 0.634. The zero-order chi connectivity index (χ0) is 15.6. The van der Waals surface area contributed by atoms with E-state index in [1.165, 1.54) is 4.68 Å². The molecule has 5 nitrogen and oxygen atoms in total. The fourth-order valence-corrected chi connectivity index (χ4v) is 2.84. The molecule has 0 radical (unpaired) electrons. The third-order valence-electron chi connectivity index (χ3n) is 3.87. The highest BCUT2D eigenvalue weighted by Gasteiger charge is 2.37. The van der Waals surface area contributed by atoms with Crippen molar-refractivity contribution in [2.45, 2.75) is 40.5 Å². The first kappa shape index (κ1) is 15.5. The Hall–Kier alpha value is -1.91. The molecular formula is C16H22N2O3. The van der Waals surface area contributed by atoms with Crippen LogP contribution in [0.4, 0.5) is 0 Å². The molecule has 21 heavy (non-hydrogen) atoms. The SMILES string of the molecule is CCOC(=O)[C@H]1CC(C)=CC[C@@H]1C(=O)n1nc(C)cc1C. The number of aromatic nitrogens is 2. The highest BCUT2D eigenvalue weighted by Crippen LogP contribution is 2.32. The minimum absolute atomic E-state index is 0.123. The first-order valence-electron chi connectivity index (χ1n) is 7.33. The molecule has 114 valence electrons. The zero-order valence-electron chi connectivity index (χ0n) is 13.0. The molecule has 0 fully saturated rings. The van der Waals surface area contributed by atoms with Crippen molar-refractivity contribution in [3.8, 4) is 0 Å². The average molecular weight is 290 g/mol. The van der Waals surface area contributed by atoms with Crippen molar-refractivity contribution in [3.05, 3.63) is 29.1 Å². The summed E-state index contributed by atoms with van der Waals surface area (Å²) in [4.78, 5) is 24.9. The van der Waals surface area contributed by atoms with Crippen molar-refractivity contribution in [3.63, 3.8) is 0 Å². The molecular weight excluding hydrogens is 268 g/mol. The minimum Gasteiger partial charge on any atom is -0.466 e. The normalized spacial score (nSPS) is 21.8. The summed E-state index contributed by atoms with van der Waals surface area (Å²) in [5.74, 6) is -1.22. The van der Waals surface area contributed by atoms with Crippen LogP contribution >= 0.6 is 0 Å². The third kappa shape index (κ3) is 3.23. The minimum atomic E-state index is -0.411. The maximum atomic E-state index is 12.7. The molecule has 0 saturated carbocycles. The average Bonchev–Trinajstić information content (AvgIpc) is 2.77. The molecule has 0 aliphatic heterocycles. The van der Waals surface area contributed by atoms with Gasteiger partial charge < -0.3 is 4.74 Å². The van der Waals surface area contributed by atoms with E-state index in [1.54, 1.807) is 6.92 Å². The van der Waals surface area contributed by atoms with Gasteiger partial charge in [-0.05, 0) is 46.6 Å². The second-order valence-electron chi connectivity index (χ2n) is 5.63. The van der Waals surface area contributed by atoms with E-state index < -0.39 is 11.8 Å². The van der Waals surface area contributed by atoms with E-state index >= 15 is 0 Å². The molecule has 0 bridgehead atoms. The van der Waals surface area contributed by atoms with Crippen LogP contribution < -0.4 is 0 Å². The van der Waals surface area contributed by atoms with Gasteiger partial charge in [-0.1, -0.05) is 11.6 Å². The lowest BCUT2D eigenvalue weighted by Crippen LogP contribution is -2.36. The lowest BCUT2D eigenvalue weighted by Gasteiger charge is -2.27. The Bertz CT molecular complexity index is 586. The number of hydrogen-bond acceptors (Lipinski definition) is 4. The van der Waals surface area contributed by atoms with Gasteiger partial charge in [0.25, 0.3) is 5.91 Å². The van der Waals surface area contributed by atoms with E-state index in [2.05, 4.69) is 5.10 Å². The number of nitrogens with zero attached hydrogens (tertiary/aromatic N) is 2. The predicted octanol–water partition coefficient (Wildman–Crippen LogP) is 2.68. The summed E-state index contributed by atoms with van der Waals surface area (Å²) in [5, 5.41) is 4.24. The number of aryl methyl sites for hydroxylation is 2. The Labute approximate surface area is 125 Å². The Balaban J connectivity index is 2.28. The van der Waals surface area contributed by atoms with E-state index in [1.807, 2.05) is 32.9 Å². The molecule has 1 aliphatic carbocycles. The first-order valence-corrected chi connectivity index (χ1v) is 7.33. The van der Waals surface area contributed by atoms with E-state index in [0.29, 0.717) is 19.4 Å². The number of ether oxygens (including phenoxy) is 1. The molecule has 5 heteroatoms. The molecule has 2 atom stereocenters. The van der Waals surface area contributed by atoms with Crippen molar-refractivity contribution in [1.29, 1.82) is 0 Å². The highest BCUT2D eigenvalue weighted by atomic mass is 16.5. The van der Waals surface area contributed by atoms with Crippen LogP contribution in [0, 0.1) is 25.7 Å². The van der Waals surface area contributed by atoms with Gasteiger partial charge in [0, 0.05) is 5.69 Å². The molecule has 2 rings (SSSR count). The molecule has 0 unspecified atom stereocenters. The summed E-state index contributed by atoms with van der Waals surface area (Å²) in [5.41, 5.74) is 2.73. The third-order valence-corrected chi connectivity index (χ3v) is 3.87. The predicted molar refractivity (Wildman–Crippen MR) is 78.9 cm³/mol. The van der Waals surface area contributed by atoms with Gasteiger partial charge in [-0.25, -0.2) is 4.68 Å². The smallest absolute Gasteiger partial charge is 0.310 e. The summed E-state index contributed by atoms with van der Waals surface area (Å²) in [6.07, 6.45) is 3.17. The fraction of sp³-hybridized carbons (Fsp3) is 0.562. The van der Waals surface area contributed by atoms with E-state index in [9.17, 15) is 9.59 Å². The van der Waals surface area contributed by atoms with Crippen LogP contribution in [0.1, 0.15) is 42.9 Å². The topological polar surface area (TPSA) is 61.2 Å². The molecule has 0 N–H and O–H groups in total. The summed E-state index contributed by atoms with van der Waals surface area (Å²) < 4.78 is 6.55. The van der Waals surface area contributed by atoms with Gasteiger partial charge in [-0.15, -0.1) is 0 Å². The van der Waals surface area contributed by atoms with E-state index in [0.717, 1.165) is 17.0 Å². The van der Waals surface area contributed by atoms with Gasteiger partial charge >= 0.3 is 5.97 Å². The highest BCUT2D eigenvalue weighted by molar-refractivity contribution is 5.87. The van der Waals surface area contributed by atoms with E-state index in [4.69, 9.17) is 4.74 Å². The Kier molecular flexibility index (Phi) is 4.60. The van der Waals surface area contributed by atoms with Crippen LogP contribution in [0.3, 0.4) is 0 Å². The van der Waals surface area contributed by atoms with Crippen LogP contribution in [-0.2, 0) is 9.53 Å². The molecule has 1 aromatic rings. The molecule has 0 spiro atoms. The van der Waals surface area contributed by atoms with Crippen LogP contribution in [0.15, 0.2) is 17.7 Å². The van der Waals surface area contributed by atoms with Gasteiger partial charge in [0.15, 0.2) is 0 Å². The van der Waals surface area contributed by atoms with Crippen molar-refractivity contribution in [1.82, 2.24) is 9.78 Å². The fourth-order valence-electron chi connectivity index (χ4n) is 2.84. The number of hydrogen-bond donors (Lipinski definition) is 0. The number of carbonyl (C=O) groups excluding carboxylic acids is 2. The van der Waals surface area contributed by atoms with E-state index in [-0.39, 0.29) is 11.9 Å². The molecule has 0 aromatic carbocycles. The largest absolute Gasteiger partial charge is 0.466 e. The molecule has 1 aliphatic rings. The van der Waals surface area contributed by atoms with Crippen molar-refractivity contribution >= 4 is 11.9 Å². The summed E-state index contributed by atoms with van der Waals surface area (Å²) in [6, 6.07) is 1.86. The van der Waals surface area contributed by atoms with Crippen LogP contribution in [0.2, 0.25) is 0 Å². The molecule has 0 saturated heterocycles. The van der Waals surface area contributed by atoms with Gasteiger partial charge in [0.1, 0.15) is 0 Å². The van der Waals surface area contributed by atoms with Crippen molar-refractivity contribution < 1.29 is 14.3 Å². The van der Waals surface area contributed by atoms with Crippen molar-refractivity contribution in [2.24, 2.45) is 11.8 Å². The zero-order valence-corrected chi connectivity index (χ0v) is 13.0. The maximum absolute atomic E-state index is 12.7. The Morgan fingerprint density at radius 1 is 1.33 bits per heavy atom. The lowest BCUT2D eigenvalue weighted by molar-refractivity contribution is -0.149. The molecule has 0 amide bonds. The molecule has 1 heterocycles. The van der Waals surface area contributed by atoms with Gasteiger partial charge in [-0.3, -0.25) is 9.59 Å². The van der Waals surface area contributed by atoms with Gasteiger partial charge in [0.05, 0.1) is 24.1 Å². The number of allylic oxidation sites excluding steroid dienone is 2. The van der Waals surface area contributed by atoms with Crippen LogP contribution in [0.25, 0.3) is 0 Å². The summed E-state index contributed by atoms with van der Waals surface area (Å²) in [6.45, 7) is 7.79. The Morgan fingerprint density at radius 3 is 2.62 bits per heavy atom. The second-order valence-corrected chi connectivity index (χ2v) is 5.63. The Morgan fingerprint density at radius 2 is 2.05 bits per heavy atom. The van der Waals surface area contributed by atoms with Crippen molar-refractivity contribution in [2.75, 3.05) is 6.61 Å². The maximum Gasteiger partial charge on any atom is 0.310 e. The standard InChI is InChI=1S/C16H22N2O3/c1-5-21-16(20)14-8-10(2)6-7-13(14)15(19)18-12(4)9-11(3)17-18/h6,9,13-14H,5,7-8H2,1-4H3/t13-,14-/m0/s1. The van der Waals surface area contributed by atoms with Gasteiger partial charge in [-0.2, -0.15) is 5.10 Å². The summed E-state index contributed by atoms with van der Waals surface area (Å²) >= 11 is 0. The first-order chi connectivity index (χ1) is 9.93.